The van der Waals surface area contributed by atoms with Crippen molar-refractivity contribution >= 4 is 11.9 Å². The first kappa shape index (κ1) is 15.4. The maximum Gasteiger partial charge on any atom is 0.334 e. The van der Waals surface area contributed by atoms with E-state index in [2.05, 4.69) is 4.74 Å². The van der Waals surface area contributed by atoms with Crippen LogP contribution in [-0.4, -0.2) is 24.6 Å². The number of allylic oxidation sites excluding steroid dienone is 2. The average molecular weight is 240 g/mol. The molecule has 0 spiro atoms. The Morgan fingerprint density at radius 1 is 0.941 bits per heavy atom. The second-order valence-corrected chi connectivity index (χ2v) is 4.69. The molecular weight excluding hydrogens is 220 g/mol. The summed E-state index contributed by atoms with van der Waals surface area (Å²) in [4.78, 5) is 22.7. The number of methoxy groups -OCH3 is 1. The van der Waals surface area contributed by atoms with Gasteiger partial charge in [0.25, 0.3) is 0 Å². The fourth-order valence-electron chi connectivity index (χ4n) is 0.906. The lowest BCUT2D eigenvalue weighted by Crippen LogP contribution is -2.24. The predicted molar refractivity (Wildman–Crippen MR) is 65.4 cm³/mol. The lowest BCUT2D eigenvalue weighted by molar-refractivity contribution is -0.149. The molecule has 0 saturated carbocycles. The highest BCUT2D eigenvalue weighted by atomic mass is 16.6. The minimum atomic E-state index is -0.521. The van der Waals surface area contributed by atoms with E-state index in [1.807, 2.05) is 0 Å². The first-order valence-electron chi connectivity index (χ1n) is 5.34. The van der Waals surface area contributed by atoms with E-state index >= 15 is 0 Å². The number of carbonyl (C=O) groups is 2. The van der Waals surface area contributed by atoms with E-state index in [0.717, 1.165) is 0 Å². The van der Waals surface area contributed by atoms with Gasteiger partial charge in [-0.25, -0.2) is 9.59 Å². The molecule has 0 aliphatic heterocycles. The van der Waals surface area contributed by atoms with Crippen LogP contribution in [0.4, 0.5) is 0 Å². The molecule has 0 N–H and O–H groups in total. The molecule has 0 atom stereocenters. The summed E-state index contributed by atoms with van der Waals surface area (Å²) >= 11 is 0. The van der Waals surface area contributed by atoms with Crippen molar-refractivity contribution in [3.63, 3.8) is 0 Å². The third kappa shape index (κ3) is 6.56. The van der Waals surface area contributed by atoms with Crippen molar-refractivity contribution in [3.8, 4) is 0 Å². The van der Waals surface area contributed by atoms with E-state index in [4.69, 9.17) is 4.74 Å². The molecular formula is C13H20O4. The molecule has 0 heterocycles. The maximum atomic E-state index is 11.6. The smallest absolute Gasteiger partial charge is 0.334 e. The van der Waals surface area contributed by atoms with Crippen LogP contribution in [0.2, 0.25) is 0 Å². The number of ether oxygens (including phenoxy) is 2. The molecule has 0 radical (unpaired) electrons. The van der Waals surface area contributed by atoms with Gasteiger partial charge < -0.3 is 9.47 Å². The predicted octanol–water partition coefficient (Wildman–Crippen LogP) is 2.39. The molecule has 0 bridgehead atoms. The quantitative estimate of drug-likeness (QED) is 0.432. The highest BCUT2D eigenvalue weighted by Crippen LogP contribution is 2.11. The van der Waals surface area contributed by atoms with Gasteiger partial charge in [-0.2, -0.15) is 0 Å². The molecule has 0 amide bonds. The Hall–Kier alpha value is -1.58. The van der Waals surface area contributed by atoms with Gasteiger partial charge in [-0.1, -0.05) is 12.2 Å². The van der Waals surface area contributed by atoms with E-state index in [1.54, 1.807) is 40.7 Å². The second kappa shape index (κ2) is 6.23. The molecule has 4 nitrogen and oxygen atoms in total. The first-order valence-corrected chi connectivity index (χ1v) is 5.34. The van der Waals surface area contributed by atoms with E-state index in [9.17, 15) is 9.59 Å². The van der Waals surface area contributed by atoms with Crippen molar-refractivity contribution in [2.75, 3.05) is 7.11 Å². The minimum absolute atomic E-state index is 0.397. The molecule has 0 aliphatic carbocycles. The number of hydrogen-bond donors (Lipinski definition) is 0. The third-order valence-electron chi connectivity index (χ3n) is 1.81. The summed E-state index contributed by atoms with van der Waals surface area (Å²) in [5.74, 6) is -0.815. The van der Waals surface area contributed by atoms with Crippen LogP contribution in [0.15, 0.2) is 23.3 Å². The van der Waals surface area contributed by atoms with Crippen LogP contribution in [-0.2, 0) is 19.1 Å². The van der Waals surface area contributed by atoms with E-state index < -0.39 is 17.5 Å². The number of rotatable bonds is 3. The molecule has 0 aromatic heterocycles. The zero-order valence-corrected chi connectivity index (χ0v) is 11.3. The molecule has 96 valence electrons. The molecule has 17 heavy (non-hydrogen) atoms. The van der Waals surface area contributed by atoms with Crippen molar-refractivity contribution in [3.05, 3.63) is 23.3 Å². The summed E-state index contributed by atoms with van der Waals surface area (Å²) < 4.78 is 9.70. The summed E-state index contributed by atoms with van der Waals surface area (Å²) in [5, 5.41) is 0. The van der Waals surface area contributed by atoms with Crippen molar-refractivity contribution in [2.45, 2.75) is 40.2 Å². The van der Waals surface area contributed by atoms with Gasteiger partial charge in [0, 0.05) is 11.1 Å². The van der Waals surface area contributed by atoms with Gasteiger partial charge in [0.2, 0.25) is 0 Å². The first-order chi connectivity index (χ1) is 7.67. The number of hydrogen-bond acceptors (Lipinski definition) is 4. The van der Waals surface area contributed by atoms with Gasteiger partial charge >= 0.3 is 11.9 Å². The molecule has 0 aromatic carbocycles. The minimum Gasteiger partial charge on any atom is -0.466 e. The summed E-state index contributed by atoms with van der Waals surface area (Å²) in [6.07, 6.45) is 3.07. The van der Waals surface area contributed by atoms with Gasteiger partial charge in [-0.15, -0.1) is 0 Å². The Morgan fingerprint density at radius 2 is 1.35 bits per heavy atom. The fourth-order valence-corrected chi connectivity index (χ4v) is 0.906. The largest absolute Gasteiger partial charge is 0.466 e. The van der Waals surface area contributed by atoms with Crippen LogP contribution in [0.5, 0.6) is 0 Å². The standard InChI is InChI=1S/C13H20O4/c1-9(11(14)16-6)7-8-10(2)12(15)17-13(3,4)5/h7-8H,1-6H3/b9-7+,10-8+. The lowest BCUT2D eigenvalue weighted by Gasteiger charge is -2.19. The van der Waals surface area contributed by atoms with Crippen LogP contribution in [0.25, 0.3) is 0 Å². The van der Waals surface area contributed by atoms with Gasteiger partial charge in [-0.05, 0) is 34.6 Å². The molecule has 0 aliphatic rings. The Labute approximate surface area is 102 Å². The second-order valence-electron chi connectivity index (χ2n) is 4.69. The van der Waals surface area contributed by atoms with Gasteiger partial charge in [0.15, 0.2) is 0 Å². The zero-order chi connectivity index (χ0) is 13.6. The van der Waals surface area contributed by atoms with E-state index in [0.29, 0.717) is 11.1 Å². The normalized spacial score (nSPS) is 13.3. The molecule has 0 aromatic rings. The highest BCUT2D eigenvalue weighted by molar-refractivity contribution is 5.90. The van der Waals surface area contributed by atoms with Crippen molar-refractivity contribution < 1.29 is 19.1 Å². The summed E-state index contributed by atoms with van der Waals surface area (Å²) in [6, 6.07) is 0. The maximum absolute atomic E-state index is 11.6. The summed E-state index contributed by atoms with van der Waals surface area (Å²) in [6.45, 7) is 8.65. The van der Waals surface area contributed by atoms with Gasteiger partial charge in [0.1, 0.15) is 5.60 Å². The topological polar surface area (TPSA) is 52.6 Å². The SMILES string of the molecule is COC(=O)/C(C)=C/C=C(\C)C(=O)OC(C)(C)C. The molecule has 0 rings (SSSR count). The Balaban J connectivity index is 4.66. The van der Waals surface area contributed by atoms with Crippen LogP contribution in [0.3, 0.4) is 0 Å². The lowest BCUT2D eigenvalue weighted by atomic mass is 10.2. The zero-order valence-electron chi connectivity index (χ0n) is 11.3. The monoisotopic (exact) mass is 240 g/mol. The van der Waals surface area contributed by atoms with E-state index in [-0.39, 0.29) is 0 Å². The van der Waals surface area contributed by atoms with Crippen molar-refractivity contribution in [1.29, 1.82) is 0 Å². The van der Waals surface area contributed by atoms with Gasteiger partial charge in [-0.3, -0.25) is 0 Å². The highest BCUT2D eigenvalue weighted by Gasteiger charge is 2.16. The van der Waals surface area contributed by atoms with Crippen molar-refractivity contribution in [1.82, 2.24) is 0 Å². The number of carbonyl (C=O) groups excluding carboxylic acids is 2. The fraction of sp³-hybridized carbons (Fsp3) is 0.538. The van der Waals surface area contributed by atoms with Crippen molar-refractivity contribution in [2.24, 2.45) is 0 Å². The third-order valence-corrected chi connectivity index (χ3v) is 1.81. The Kier molecular flexibility index (Phi) is 5.65. The Bertz CT molecular complexity index is 356. The summed E-state index contributed by atoms with van der Waals surface area (Å²) in [7, 11) is 1.31. The Morgan fingerprint density at radius 3 is 1.71 bits per heavy atom. The molecule has 0 fully saturated rings. The van der Waals surface area contributed by atoms with Crippen LogP contribution >= 0.6 is 0 Å². The van der Waals surface area contributed by atoms with Crippen LogP contribution < -0.4 is 0 Å². The molecule has 0 saturated heterocycles. The van der Waals surface area contributed by atoms with E-state index in [1.165, 1.54) is 13.2 Å². The van der Waals surface area contributed by atoms with Crippen LogP contribution in [0.1, 0.15) is 34.6 Å². The summed E-state index contributed by atoms with van der Waals surface area (Å²) in [5.41, 5.74) is 0.339. The molecule has 4 heteroatoms. The number of esters is 2. The van der Waals surface area contributed by atoms with Gasteiger partial charge in [0.05, 0.1) is 7.11 Å². The average Bonchev–Trinajstić information content (AvgIpc) is 2.21. The molecule has 0 unspecified atom stereocenters. The van der Waals surface area contributed by atoms with Crippen LogP contribution in [0, 0.1) is 0 Å².